The van der Waals surface area contributed by atoms with Crippen LogP contribution in [0.1, 0.15) is 54.6 Å². The summed E-state index contributed by atoms with van der Waals surface area (Å²) < 4.78 is 31.2. The van der Waals surface area contributed by atoms with Crippen LogP contribution in [0.15, 0.2) is 12.3 Å². The van der Waals surface area contributed by atoms with Crippen molar-refractivity contribution in [2.45, 2.75) is 44.8 Å². The molecule has 0 spiro atoms. The smallest absolute Gasteiger partial charge is 0.129 e. The van der Waals surface area contributed by atoms with Crippen molar-refractivity contribution in [2.24, 2.45) is 0 Å². The Morgan fingerprint density at radius 3 is 3.00 bits per heavy atom. The molecule has 1 saturated carbocycles. The molecule has 1 nitrogen and oxygen atoms in total. The fraction of sp³-hybridized carbons (Fsp3) is 0.583. The van der Waals surface area contributed by atoms with Gasteiger partial charge in [0, 0.05) is 11.7 Å². The van der Waals surface area contributed by atoms with E-state index < -0.39 is 12.7 Å². The first-order valence-corrected chi connectivity index (χ1v) is 5.37. The van der Waals surface area contributed by atoms with Crippen LogP contribution < -0.4 is 0 Å². The Labute approximate surface area is 96.1 Å². The molecule has 0 atom stereocenters. The maximum absolute atomic E-state index is 8.54. The van der Waals surface area contributed by atoms with Gasteiger partial charge in [-0.05, 0) is 42.8 Å². The second-order valence-electron chi connectivity index (χ2n) is 3.72. The Hall–Kier alpha value is -0.560. The van der Waals surface area contributed by atoms with Gasteiger partial charge < -0.3 is 0 Å². The third kappa shape index (κ3) is 2.09. The number of aromatic nitrogens is 1. The van der Waals surface area contributed by atoms with E-state index >= 15 is 0 Å². The number of hydrogen-bond donors (Lipinski definition) is 0. The first-order chi connectivity index (χ1) is 8.33. The normalized spacial score (nSPS) is 25.8. The lowest BCUT2D eigenvalue weighted by Gasteiger charge is -2.23. The van der Waals surface area contributed by atoms with E-state index in [1.807, 2.05) is 0 Å². The zero-order valence-corrected chi connectivity index (χ0v) is 8.77. The van der Waals surface area contributed by atoms with Crippen molar-refractivity contribution in [3.05, 3.63) is 28.5 Å². The van der Waals surface area contributed by atoms with Gasteiger partial charge >= 0.3 is 0 Å². The number of aryl methyl sites for hydroxylation is 1. The van der Waals surface area contributed by atoms with Crippen molar-refractivity contribution in [1.82, 2.24) is 4.98 Å². The van der Waals surface area contributed by atoms with Crippen molar-refractivity contribution in [2.75, 3.05) is 0 Å². The monoisotopic (exact) mass is 213 g/mol. The Morgan fingerprint density at radius 2 is 2.29 bits per heavy atom. The van der Waals surface area contributed by atoms with Gasteiger partial charge in [-0.2, -0.15) is 0 Å². The lowest BCUT2D eigenvalue weighted by atomic mass is 9.83. The molecule has 0 N–H and O–H groups in total. The van der Waals surface area contributed by atoms with Gasteiger partial charge in [-0.3, -0.25) is 0 Å². The largest absolute Gasteiger partial charge is 0.244 e. The summed E-state index contributed by atoms with van der Waals surface area (Å²) in [5.74, 6) is -0.825. The van der Waals surface area contributed by atoms with Crippen molar-refractivity contribution >= 4 is 11.6 Å². The highest BCUT2D eigenvalue weighted by Crippen LogP contribution is 2.34. The standard InChI is InChI=1S/C12H16ClN/c1-9-8-14-12(13)7-11(9)10-5-3-2-4-6-10/h7-8,10H,2-6H2,1H3/i1D3,10D. The Bertz CT molecular complexity index is 438. The highest BCUT2D eigenvalue weighted by Gasteiger charge is 2.17. The third-order valence-electron chi connectivity index (χ3n) is 2.71. The molecule has 2 heteroatoms. The van der Waals surface area contributed by atoms with E-state index in [1.54, 1.807) is 6.07 Å². The van der Waals surface area contributed by atoms with Gasteiger partial charge in [0.2, 0.25) is 0 Å². The van der Waals surface area contributed by atoms with Crippen LogP contribution in [0.4, 0.5) is 0 Å². The molecule has 0 radical (unpaired) electrons. The van der Waals surface area contributed by atoms with Crippen LogP contribution in [0.5, 0.6) is 0 Å². The van der Waals surface area contributed by atoms with E-state index in [-0.39, 0.29) is 10.7 Å². The van der Waals surface area contributed by atoms with E-state index in [9.17, 15) is 0 Å². The summed E-state index contributed by atoms with van der Waals surface area (Å²) in [6.07, 6.45) is 5.72. The first kappa shape index (κ1) is 6.12. The summed E-state index contributed by atoms with van der Waals surface area (Å²) in [7, 11) is 0. The average Bonchev–Trinajstić information content (AvgIpc) is 2.28. The molecule has 0 unspecified atom stereocenters. The zero-order valence-electron chi connectivity index (χ0n) is 12.0. The van der Waals surface area contributed by atoms with Crippen LogP contribution >= 0.6 is 11.6 Å². The van der Waals surface area contributed by atoms with Crippen molar-refractivity contribution < 1.29 is 5.48 Å². The van der Waals surface area contributed by atoms with Crippen LogP contribution in [0.3, 0.4) is 0 Å². The van der Waals surface area contributed by atoms with E-state index in [0.29, 0.717) is 18.4 Å². The predicted octanol–water partition coefficient (Wildman–Crippen LogP) is 4.09. The second-order valence-corrected chi connectivity index (χ2v) is 4.10. The highest BCUT2D eigenvalue weighted by atomic mass is 35.5. The summed E-state index contributed by atoms with van der Waals surface area (Å²) in [6.45, 7) is -2.24. The molecule has 1 aliphatic rings. The first-order valence-electron chi connectivity index (χ1n) is 6.99. The highest BCUT2D eigenvalue weighted by molar-refractivity contribution is 6.29. The molecule has 1 fully saturated rings. The molecule has 0 saturated heterocycles. The molecular formula is C12H16ClN. The van der Waals surface area contributed by atoms with Crippen molar-refractivity contribution in [3.8, 4) is 0 Å². The number of hydrogen-bond acceptors (Lipinski definition) is 1. The molecule has 1 aliphatic carbocycles. The van der Waals surface area contributed by atoms with Crippen molar-refractivity contribution in [1.29, 1.82) is 0 Å². The summed E-state index contributed by atoms with van der Waals surface area (Å²) in [5.41, 5.74) is 0.700. The van der Waals surface area contributed by atoms with Gasteiger partial charge in [-0.15, -0.1) is 0 Å². The second kappa shape index (κ2) is 4.31. The molecular weight excluding hydrogens is 194 g/mol. The minimum Gasteiger partial charge on any atom is -0.244 e. The Kier molecular flexibility index (Phi) is 1.88. The molecule has 1 aromatic rings. The zero-order chi connectivity index (χ0) is 13.4. The number of pyridine rings is 1. The van der Waals surface area contributed by atoms with Crippen LogP contribution in [0, 0.1) is 6.85 Å². The Balaban J connectivity index is 2.51. The minimum atomic E-state index is -2.24. The SMILES string of the molecule is [2H]C([2H])([2H])c1cnc(Cl)cc1C1([2H])CCCCC1. The molecule has 0 amide bonds. The minimum absolute atomic E-state index is 0.170. The Morgan fingerprint density at radius 1 is 1.50 bits per heavy atom. The van der Waals surface area contributed by atoms with Gasteiger partial charge in [0.05, 0.1) is 0 Å². The molecule has 76 valence electrons. The molecule has 0 bridgehead atoms. The van der Waals surface area contributed by atoms with Crippen LogP contribution in [-0.4, -0.2) is 4.98 Å². The fourth-order valence-electron chi connectivity index (χ4n) is 1.97. The third-order valence-corrected chi connectivity index (χ3v) is 2.92. The quantitative estimate of drug-likeness (QED) is 0.641. The van der Waals surface area contributed by atoms with E-state index in [2.05, 4.69) is 4.98 Å². The topological polar surface area (TPSA) is 12.9 Å². The van der Waals surface area contributed by atoms with Gasteiger partial charge in [-0.1, -0.05) is 30.9 Å². The summed E-state index contributed by atoms with van der Waals surface area (Å²) >= 11 is 5.87. The molecule has 1 heterocycles. The van der Waals surface area contributed by atoms with Crippen LogP contribution in [-0.2, 0) is 0 Å². The lowest BCUT2D eigenvalue weighted by Crippen LogP contribution is -2.06. The number of halogens is 1. The summed E-state index contributed by atoms with van der Waals surface area (Å²) in [6, 6.07) is 1.56. The molecule has 0 aliphatic heterocycles. The van der Waals surface area contributed by atoms with Gasteiger partial charge in [0.15, 0.2) is 0 Å². The maximum atomic E-state index is 8.54. The van der Waals surface area contributed by atoms with Gasteiger partial charge in [-0.25, -0.2) is 4.98 Å². The van der Waals surface area contributed by atoms with Crippen LogP contribution in [0.2, 0.25) is 5.15 Å². The molecule has 1 aromatic heterocycles. The van der Waals surface area contributed by atoms with Crippen LogP contribution in [0.25, 0.3) is 0 Å². The average molecular weight is 214 g/mol. The predicted molar refractivity (Wildman–Crippen MR) is 59.8 cm³/mol. The maximum Gasteiger partial charge on any atom is 0.129 e. The molecule has 2 rings (SSSR count). The van der Waals surface area contributed by atoms with E-state index in [4.69, 9.17) is 17.1 Å². The number of rotatable bonds is 1. The molecule has 14 heavy (non-hydrogen) atoms. The fourth-order valence-corrected chi connectivity index (χ4v) is 2.13. The van der Waals surface area contributed by atoms with E-state index in [1.165, 1.54) is 6.20 Å². The summed E-state index contributed by atoms with van der Waals surface area (Å²) in [4.78, 5) is 3.85. The van der Waals surface area contributed by atoms with Crippen molar-refractivity contribution in [3.63, 3.8) is 0 Å². The summed E-state index contributed by atoms with van der Waals surface area (Å²) in [5, 5.41) is 0.259. The van der Waals surface area contributed by atoms with E-state index in [0.717, 1.165) is 19.3 Å². The lowest BCUT2D eigenvalue weighted by molar-refractivity contribution is 0.442. The van der Waals surface area contributed by atoms with Gasteiger partial charge in [0.1, 0.15) is 5.15 Å². The molecule has 0 aromatic carbocycles. The number of nitrogens with zero attached hydrogens (tertiary/aromatic N) is 1. The van der Waals surface area contributed by atoms with Gasteiger partial charge in [0.25, 0.3) is 0 Å².